The van der Waals surface area contributed by atoms with E-state index in [1.165, 1.54) is 12.2 Å². The highest BCUT2D eigenvalue weighted by atomic mass is 19.1. The van der Waals surface area contributed by atoms with Crippen LogP contribution in [-0.2, 0) is 9.59 Å². The van der Waals surface area contributed by atoms with Crippen molar-refractivity contribution in [2.75, 3.05) is 6.61 Å². The maximum atomic E-state index is 16.7. The van der Waals surface area contributed by atoms with Crippen molar-refractivity contribution < 1.29 is 29.3 Å². The minimum Gasteiger partial charge on any atom is -0.390 e. The Hall–Kier alpha value is -1.37. The van der Waals surface area contributed by atoms with Gasteiger partial charge in [-0.15, -0.1) is 0 Å². The van der Waals surface area contributed by atoms with Crippen LogP contribution in [0.15, 0.2) is 23.8 Å². The molecule has 4 rings (SSSR count). The van der Waals surface area contributed by atoms with Gasteiger partial charge in [0.2, 0.25) is 0 Å². The first-order valence-corrected chi connectivity index (χ1v) is 9.72. The van der Waals surface area contributed by atoms with Crippen molar-refractivity contribution in [2.45, 2.75) is 63.3 Å². The van der Waals surface area contributed by atoms with E-state index in [9.17, 15) is 24.9 Å². The van der Waals surface area contributed by atoms with Gasteiger partial charge in [0.05, 0.1) is 6.10 Å². The van der Waals surface area contributed by atoms with Crippen LogP contribution >= 0.6 is 0 Å². The number of aliphatic hydroxyl groups excluding tert-OH is 2. The van der Waals surface area contributed by atoms with E-state index < -0.39 is 46.5 Å². The number of allylic oxidation sites excluding steroid dienone is 4. The fourth-order valence-corrected chi connectivity index (χ4v) is 6.80. The topological polar surface area (TPSA) is 94.8 Å². The molecule has 0 amide bonds. The first-order valence-electron chi connectivity index (χ1n) is 9.72. The lowest BCUT2D eigenvalue weighted by Gasteiger charge is -2.62. The highest BCUT2D eigenvalue weighted by Crippen LogP contribution is 2.69. The van der Waals surface area contributed by atoms with Crippen molar-refractivity contribution in [3.63, 3.8) is 0 Å². The largest absolute Gasteiger partial charge is 0.390 e. The molecule has 5 nitrogen and oxygen atoms in total. The van der Waals surface area contributed by atoms with Crippen molar-refractivity contribution >= 4 is 11.6 Å². The molecule has 0 heterocycles. The molecule has 0 unspecified atom stereocenters. The Bertz CT molecular complexity index is 775. The molecule has 0 aromatic heterocycles. The standard InChI is InChI=1S/C21H27FO5/c1-18-7-5-13(24)9-12(18)3-4-15-14-6-8-20(27,17(26)11-23)19(14,2)10-16(25)21(15,18)22/h5,7,9,14-16,23,25,27H,3-4,6,8,10-11H2,1-2H3/t14-,15-,16+,18-,19-,20+,21-/m0/s1. The number of fused-ring (bicyclic) bond motifs is 5. The molecule has 3 N–H and O–H groups in total. The average molecular weight is 378 g/mol. The molecule has 0 bridgehead atoms. The molecular weight excluding hydrogens is 351 g/mol. The van der Waals surface area contributed by atoms with Gasteiger partial charge in [-0.2, -0.15) is 0 Å². The van der Waals surface area contributed by atoms with E-state index in [2.05, 4.69) is 0 Å². The lowest BCUT2D eigenvalue weighted by Crippen LogP contribution is -2.69. The number of carbonyl (C=O) groups is 2. The molecule has 6 heteroatoms. The van der Waals surface area contributed by atoms with Crippen LogP contribution in [0.1, 0.15) is 46.0 Å². The minimum absolute atomic E-state index is 0.0580. The van der Waals surface area contributed by atoms with Crippen molar-refractivity contribution in [1.29, 1.82) is 0 Å². The number of carbonyl (C=O) groups excluding carboxylic acids is 2. The zero-order valence-electron chi connectivity index (χ0n) is 15.7. The minimum atomic E-state index is -1.97. The number of Topliss-reactive ketones (excluding diaryl/α,β-unsaturated/α-hetero) is 1. The number of rotatable bonds is 2. The van der Waals surface area contributed by atoms with Gasteiger partial charge in [0.15, 0.2) is 17.2 Å². The van der Waals surface area contributed by atoms with Crippen LogP contribution in [0.2, 0.25) is 0 Å². The second kappa shape index (κ2) is 5.58. The monoisotopic (exact) mass is 378 g/mol. The normalized spacial score (nSPS) is 51.3. The van der Waals surface area contributed by atoms with Crippen LogP contribution < -0.4 is 0 Å². The lowest BCUT2D eigenvalue weighted by atomic mass is 9.44. The zero-order chi connectivity index (χ0) is 19.8. The second-order valence-corrected chi connectivity index (χ2v) is 9.24. The van der Waals surface area contributed by atoms with Gasteiger partial charge in [0.25, 0.3) is 0 Å². The number of hydrogen-bond donors (Lipinski definition) is 3. The molecule has 4 aliphatic rings. The Labute approximate surface area is 158 Å². The van der Waals surface area contributed by atoms with Crippen LogP contribution in [0.3, 0.4) is 0 Å². The SMILES string of the molecule is C[C@]12C=CC(=O)C=C1CC[C@H]1[C@@H]3CC[C@@](O)(C(=O)CO)[C@@]3(C)C[C@@H](O)[C@@]12F. The molecule has 4 aliphatic carbocycles. The van der Waals surface area contributed by atoms with Gasteiger partial charge in [-0.25, -0.2) is 4.39 Å². The third kappa shape index (κ3) is 2.04. The van der Waals surface area contributed by atoms with Crippen molar-refractivity contribution in [2.24, 2.45) is 22.7 Å². The van der Waals surface area contributed by atoms with Crippen LogP contribution in [0.25, 0.3) is 0 Å². The highest BCUT2D eigenvalue weighted by Gasteiger charge is 2.73. The highest BCUT2D eigenvalue weighted by molar-refractivity contribution is 6.01. The Kier molecular flexibility index (Phi) is 3.92. The molecule has 0 aromatic carbocycles. The third-order valence-corrected chi connectivity index (χ3v) is 8.40. The van der Waals surface area contributed by atoms with E-state index in [0.29, 0.717) is 24.8 Å². The molecule has 3 fully saturated rings. The Balaban J connectivity index is 1.81. The molecule has 7 atom stereocenters. The van der Waals surface area contributed by atoms with Gasteiger partial charge in [-0.05, 0) is 57.1 Å². The summed E-state index contributed by atoms with van der Waals surface area (Å²) in [6.07, 6.45) is 4.65. The summed E-state index contributed by atoms with van der Waals surface area (Å²) in [5.74, 6) is -1.64. The Morgan fingerprint density at radius 2 is 2.00 bits per heavy atom. The van der Waals surface area contributed by atoms with E-state index in [4.69, 9.17) is 0 Å². The fraction of sp³-hybridized carbons (Fsp3) is 0.714. The van der Waals surface area contributed by atoms with Crippen LogP contribution in [0.4, 0.5) is 4.39 Å². The van der Waals surface area contributed by atoms with Gasteiger partial charge in [0.1, 0.15) is 12.2 Å². The maximum absolute atomic E-state index is 16.7. The predicted molar refractivity (Wildman–Crippen MR) is 95.4 cm³/mol. The van der Waals surface area contributed by atoms with Crippen molar-refractivity contribution in [1.82, 2.24) is 0 Å². The number of aliphatic hydroxyl groups is 3. The number of ketones is 2. The molecule has 148 valence electrons. The van der Waals surface area contributed by atoms with Crippen molar-refractivity contribution in [3.8, 4) is 0 Å². The van der Waals surface area contributed by atoms with Crippen LogP contribution in [0.5, 0.6) is 0 Å². The van der Waals surface area contributed by atoms with E-state index in [1.807, 2.05) is 0 Å². The second-order valence-electron chi connectivity index (χ2n) is 9.24. The van der Waals surface area contributed by atoms with Crippen LogP contribution in [-0.4, -0.2) is 50.9 Å². The molecule has 0 aliphatic heterocycles. The summed E-state index contributed by atoms with van der Waals surface area (Å²) in [5, 5.41) is 31.5. The van der Waals surface area contributed by atoms with E-state index in [-0.39, 0.29) is 24.5 Å². The summed E-state index contributed by atoms with van der Waals surface area (Å²) in [6, 6.07) is 0. The zero-order valence-corrected chi connectivity index (χ0v) is 15.7. The molecule has 3 saturated carbocycles. The summed E-state index contributed by atoms with van der Waals surface area (Å²) >= 11 is 0. The fourth-order valence-electron chi connectivity index (χ4n) is 6.80. The molecule has 27 heavy (non-hydrogen) atoms. The first-order chi connectivity index (χ1) is 12.5. The lowest BCUT2D eigenvalue weighted by molar-refractivity contribution is -0.217. The number of alkyl halides is 1. The van der Waals surface area contributed by atoms with Gasteiger partial charge in [0, 0.05) is 16.7 Å². The predicted octanol–water partition coefficient (Wildman–Crippen LogP) is 1.65. The molecule has 0 radical (unpaired) electrons. The maximum Gasteiger partial charge on any atom is 0.190 e. The summed E-state index contributed by atoms with van der Waals surface area (Å²) in [5.41, 5.74) is -5.07. The van der Waals surface area contributed by atoms with E-state index in [0.717, 1.165) is 0 Å². The smallest absolute Gasteiger partial charge is 0.190 e. The summed E-state index contributed by atoms with van der Waals surface area (Å²) in [6.45, 7) is 2.71. The van der Waals surface area contributed by atoms with Gasteiger partial charge < -0.3 is 15.3 Å². The first kappa shape index (κ1) is 19.0. The van der Waals surface area contributed by atoms with E-state index >= 15 is 4.39 Å². The number of halogens is 1. The molecular formula is C21H27FO5. The van der Waals surface area contributed by atoms with Gasteiger partial charge in [-0.1, -0.05) is 18.6 Å². The summed E-state index contributed by atoms with van der Waals surface area (Å²) in [4.78, 5) is 24.1. The molecule has 0 saturated heterocycles. The summed E-state index contributed by atoms with van der Waals surface area (Å²) < 4.78 is 16.7. The van der Waals surface area contributed by atoms with Gasteiger partial charge >= 0.3 is 0 Å². The number of hydrogen-bond acceptors (Lipinski definition) is 5. The molecule has 0 spiro atoms. The van der Waals surface area contributed by atoms with Crippen LogP contribution in [0, 0.1) is 22.7 Å². The third-order valence-electron chi connectivity index (χ3n) is 8.40. The Morgan fingerprint density at radius 3 is 2.67 bits per heavy atom. The molecule has 0 aromatic rings. The van der Waals surface area contributed by atoms with Gasteiger partial charge in [-0.3, -0.25) is 9.59 Å². The average Bonchev–Trinajstić information content (AvgIpc) is 2.88. The summed E-state index contributed by atoms with van der Waals surface area (Å²) in [7, 11) is 0. The quantitative estimate of drug-likeness (QED) is 0.679. The van der Waals surface area contributed by atoms with E-state index in [1.54, 1.807) is 19.9 Å². The van der Waals surface area contributed by atoms with Crippen molar-refractivity contribution in [3.05, 3.63) is 23.8 Å². The Morgan fingerprint density at radius 1 is 1.30 bits per heavy atom.